The van der Waals surface area contributed by atoms with Crippen LogP contribution in [-0.2, 0) is 20.9 Å². The van der Waals surface area contributed by atoms with Gasteiger partial charge in [-0.3, -0.25) is 14.4 Å². The van der Waals surface area contributed by atoms with Gasteiger partial charge in [-0.05, 0) is 25.5 Å². The van der Waals surface area contributed by atoms with E-state index in [1.165, 1.54) is 0 Å². The number of hydrogen-bond donors (Lipinski definition) is 2. The summed E-state index contributed by atoms with van der Waals surface area (Å²) in [6.45, 7) is 4.54. The fourth-order valence-corrected chi connectivity index (χ4v) is 2.80. The van der Waals surface area contributed by atoms with Gasteiger partial charge in [-0.15, -0.1) is 0 Å². The van der Waals surface area contributed by atoms with Crippen LogP contribution in [0.1, 0.15) is 32.3 Å². The molecule has 1 saturated heterocycles. The molecule has 1 aliphatic rings. The molecule has 0 radical (unpaired) electrons. The number of nitrogens with zero attached hydrogens (tertiary/aromatic N) is 2. The molecule has 25 heavy (non-hydrogen) atoms. The molecule has 0 aromatic heterocycles. The van der Waals surface area contributed by atoms with Gasteiger partial charge in [-0.2, -0.15) is 5.26 Å². The van der Waals surface area contributed by atoms with Crippen LogP contribution < -0.4 is 10.6 Å². The predicted octanol–water partition coefficient (Wildman–Crippen LogP) is 1.41. The number of rotatable bonds is 6. The number of carbonyl (C=O) groups is 3. The molecular weight excluding hydrogens is 320 g/mol. The monoisotopic (exact) mass is 342 g/mol. The van der Waals surface area contributed by atoms with Crippen LogP contribution in [0.4, 0.5) is 5.69 Å². The Morgan fingerprint density at radius 2 is 2.08 bits per heavy atom. The molecule has 2 rings (SSSR count). The molecule has 1 unspecified atom stereocenters. The second-order valence-electron chi connectivity index (χ2n) is 6.30. The third-order valence-corrected chi connectivity index (χ3v) is 4.14. The van der Waals surface area contributed by atoms with Crippen LogP contribution in [0.2, 0.25) is 0 Å². The number of nitrogens with one attached hydrogen (secondary N) is 2. The number of likely N-dealkylation sites (tertiary alicyclic amines) is 1. The maximum Gasteiger partial charge on any atom is 0.238 e. The Balaban J connectivity index is 1.95. The van der Waals surface area contributed by atoms with Gasteiger partial charge in [-0.1, -0.05) is 18.2 Å². The number of para-hydroxylation sites is 1. The van der Waals surface area contributed by atoms with Crippen LogP contribution in [0.15, 0.2) is 24.3 Å². The Bertz CT molecular complexity index is 709. The van der Waals surface area contributed by atoms with Crippen molar-refractivity contribution < 1.29 is 14.4 Å². The van der Waals surface area contributed by atoms with Crippen molar-refractivity contribution in [3.63, 3.8) is 0 Å². The van der Waals surface area contributed by atoms with Gasteiger partial charge in [0.05, 0.1) is 12.0 Å². The maximum atomic E-state index is 12.3. The maximum absolute atomic E-state index is 12.3. The SMILES string of the molecule is CC(C)N1CC(C(=O)NCc2ccccc2NC(=O)CC#N)CC1=O. The first kappa shape index (κ1) is 18.5. The molecule has 0 bridgehead atoms. The Kier molecular flexibility index (Phi) is 6.12. The largest absolute Gasteiger partial charge is 0.352 e. The van der Waals surface area contributed by atoms with Crippen LogP contribution >= 0.6 is 0 Å². The third-order valence-electron chi connectivity index (χ3n) is 4.14. The number of nitriles is 1. The molecule has 0 spiro atoms. The lowest BCUT2D eigenvalue weighted by Gasteiger charge is -2.20. The van der Waals surface area contributed by atoms with Gasteiger partial charge < -0.3 is 15.5 Å². The standard InChI is InChI=1S/C18H22N4O3/c1-12(2)22-11-14(9-17(22)24)18(25)20-10-13-5-3-4-6-15(13)21-16(23)7-8-19/h3-6,12,14H,7,9-11H2,1-2H3,(H,20,25)(H,21,23). The van der Waals surface area contributed by atoms with Crippen molar-refractivity contribution in [1.82, 2.24) is 10.2 Å². The third kappa shape index (κ3) is 4.80. The average molecular weight is 342 g/mol. The van der Waals surface area contributed by atoms with E-state index in [1.54, 1.807) is 35.2 Å². The highest BCUT2D eigenvalue weighted by molar-refractivity contribution is 5.93. The van der Waals surface area contributed by atoms with E-state index in [0.717, 1.165) is 5.56 Å². The van der Waals surface area contributed by atoms with Gasteiger partial charge in [0.2, 0.25) is 17.7 Å². The van der Waals surface area contributed by atoms with Crippen molar-refractivity contribution in [3.8, 4) is 6.07 Å². The molecule has 7 heteroatoms. The van der Waals surface area contributed by atoms with Gasteiger partial charge in [0.1, 0.15) is 6.42 Å². The minimum atomic E-state index is -0.393. The number of hydrogen-bond acceptors (Lipinski definition) is 4. The number of carbonyl (C=O) groups excluding carboxylic acids is 3. The molecule has 2 N–H and O–H groups in total. The van der Waals surface area contributed by atoms with Crippen molar-refractivity contribution in [3.05, 3.63) is 29.8 Å². The van der Waals surface area contributed by atoms with Crippen LogP contribution in [0.5, 0.6) is 0 Å². The zero-order valence-corrected chi connectivity index (χ0v) is 14.4. The first-order valence-corrected chi connectivity index (χ1v) is 8.24. The van der Waals surface area contributed by atoms with Crippen molar-refractivity contribution >= 4 is 23.4 Å². The summed E-state index contributed by atoms with van der Waals surface area (Å²) in [6.07, 6.45) is 0.000478. The molecular formula is C18H22N4O3. The summed E-state index contributed by atoms with van der Waals surface area (Å²) < 4.78 is 0. The summed E-state index contributed by atoms with van der Waals surface area (Å²) in [5, 5.41) is 14.1. The summed E-state index contributed by atoms with van der Waals surface area (Å²) in [6, 6.07) is 8.96. The van der Waals surface area contributed by atoms with E-state index in [1.807, 2.05) is 13.8 Å². The quantitative estimate of drug-likeness (QED) is 0.816. The van der Waals surface area contributed by atoms with Gasteiger partial charge in [0, 0.05) is 31.2 Å². The Morgan fingerprint density at radius 1 is 1.36 bits per heavy atom. The Labute approximate surface area is 147 Å². The normalized spacial score (nSPS) is 16.6. The summed E-state index contributed by atoms with van der Waals surface area (Å²) in [7, 11) is 0. The van der Waals surface area contributed by atoms with Crippen molar-refractivity contribution in [1.29, 1.82) is 5.26 Å². The fraction of sp³-hybridized carbons (Fsp3) is 0.444. The lowest BCUT2D eigenvalue weighted by Crippen LogP contribution is -2.35. The van der Waals surface area contributed by atoms with Crippen molar-refractivity contribution in [2.75, 3.05) is 11.9 Å². The summed E-state index contributed by atoms with van der Waals surface area (Å²) in [5.41, 5.74) is 1.31. The molecule has 132 valence electrons. The highest BCUT2D eigenvalue weighted by Gasteiger charge is 2.35. The lowest BCUT2D eigenvalue weighted by molar-refractivity contribution is -0.130. The van der Waals surface area contributed by atoms with E-state index in [-0.39, 0.29) is 43.2 Å². The lowest BCUT2D eigenvalue weighted by atomic mass is 10.1. The van der Waals surface area contributed by atoms with E-state index in [4.69, 9.17) is 5.26 Å². The Morgan fingerprint density at radius 3 is 2.72 bits per heavy atom. The van der Waals surface area contributed by atoms with E-state index in [0.29, 0.717) is 12.2 Å². The molecule has 1 atom stereocenters. The van der Waals surface area contributed by atoms with Gasteiger partial charge >= 0.3 is 0 Å². The predicted molar refractivity (Wildman–Crippen MR) is 92.1 cm³/mol. The number of amides is 3. The topological polar surface area (TPSA) is 102 Å². The summed E-state index contributed by atoms with van der Waals surface area (Å²) >= 11 is 0. The van der Waals surface area contributed by atoms with Crippen molar-refractivity contribution in [2.24, 2.45) is 5.92 Å². The molecule has 1 aromatic rings. The highest BCUT2D eigenvalue weighted by atomic mass is 16.2. The molecule has 0 saturated carbocycles. The average Bonchev–Trinajstić information content (AvgIpc) is 2.96. The van der Waals surface area contributed by atoms with E-state index in [9.17, 15) is 14.4 Å². The number of benzene rings is 1. The first-order chi connectivity index (χ1) is 11.9. The zero-order valence-electron chi connectivity index (χ0n) is 14.4. The molecule has 0 aliphatic carbocycles. The zero-order chi connectivity index (χ0) is 18.4. The number of anilines is 1. The molecule has 1 fully saturated rings. The van der Waals surface area contributed by atoms with E-state index >= 15 is 0 Å². The second kappa shape index (κ2) is 8.29. The van der Waals surface area contributed by atoms with Crippen LogP contribution in [0.25, 0.3) is 0 Å². The minimum absolute atomic E-state index is 0.000632. The fourth-order valence-electron chi connectivity index (χ4n) is 2.80. The van der Waals surface area contributed by atoms with E-state index in [2.05, 4.69) is 10.6 Å². The molecule has 1 heterocycles. The van der Waals surface area contributed by atoms with Crippen LogP contribution in [0, 0.1) is 17.2 Å². The molecule has 3 amide bonds. The highest BCUT2D eigenvalue weighted by Crippen LogP contribution is 2.21. The molecule has 1 aromatic carbocycles. The summed E-state index contributed by atoms with van der Waals surface area (Å²) in [4.78, 5) is 37.6. The molecule has 7 nitrogen and oxygen atoms in total. The van der Waals surface area contributed by atoms with Crippen molar-refractivity contribution in [2.45, 2.75) is 39.3 Å². The van der Waals surface area contributed by atoms with E-state index < -0.39 is 5.91 Å². The van der Waals surface area contributed by atoms with Crippen LogP contribution in [0.3, 0.4) is 0 Å². The summed E-state index contributed by atoms with van der Waals surface area (Å²) in [5.74, 6) is -0.917. The molecule has 1 aliphatic heterocycles. The van der Waals surface area contributed by atoms with Crippen LogP contribution in [-0.4, -0.2) is 35.2 Å². The first-order valence-electron chi connectivity index (χ1n) is 8.24. The Hall–Kier alpha value is -2.88. The smallest absolute Gasteiger partial charge is 0.238 e. The van der Waals surface area contributed by atoms with Gasteiger partial charge in [-0.25, -0.2) is 0 Å². The second-order valence-corrected chi connectivity index (χ2v) is 6.30. The minimum Gasteiger partial charge on any atom is -0.352 e. The van der Waals surface area contributed by atoms with Gasteiger partial charge in [0.25, 0.3) is 0 Å². The van der Waals surface area contributed by atoms with Gasteiger partial charge in [0.15, 0.2) is 0 Å².